The van der Waals surface area contributed by atoms with Crippen LogP contribution in [0.3, 0.4) is 0 Å². The molecule has 0 heterocycles. The molecule has 0 amide bonds. The molecule has 0 radical (unpaired) electrons. The van der Waals surface area contributed by atoms with E-state index in [1.807, 2.05) is 6.07 Å². The van der Waals surface area contributed by atoms with Crippen LogP contribution < -0.4 is 5.32 Å². The minimum Gasteiger partial charge on any atom is -0.313 e. The summed E-state index contributed by atoms with van der Waals surface area (Å²) in [5.74, 6) is -0.180. The summed E-state index contributed by atoms with van der Waals surface area (Å²) in [4.78, 5) is 0. The molecule has 0 aromatic heterocycles. The number of halogens is 2. The second-order valence-electron chi connectivity index (χ2n) is 4.72. The molecule has 18 heavy (non-hydrogen) atoms. The summed E-state index contributed by atoms with van der Waals surface area (Å²) in [7, 11) is 0. The van der Waals surface area contributed by atoms with Crippen LogP contribution in [0.5, 0.6) is 0 Å². The van der Waals surface area contributed by atoms with E-state index in [0.717, 1.165) is 23.1 Å². The van der Waals surface area contributed by atoms with E-state index in [2.05, 4.69) is 28.2 Å². The van der Waals surface area contributed by atoms with Crippen molar-refractivity contribution >= 4 is 15.9 Å². The number of nitrogens with one attached hydrogen (secondary N) is 1. The van der Waals surface area contributed by atoms with Crippen molar-refractivity contribution in [1.29, 1.82) is 0 Å². The maximum Gasteiger partial charge on any atom is 0.124 e. The lowest BCUT2D eigenvalue weighted by Crippen LogP contribution is -2.14. The summed E-state index contributed by atoms with van der Waals surface area (Å²) >= 11 is 3.30. The van der Waals surface area contributed by atoms with Gasteiger partial charge in [0.15, 0.2) is 0 Å². The van der Waals surface area contributed by atoms with E-state index >= 15 is 0 Å². The molecule has 3 heteroatoms. The van der Waals surface area contributed by atoms with E-state index in [4.69, 9.17) is 0 Å². The zero-order valence-corrected chi connectivity index (χ0v) is 12.7. The molecule has 0 unspecified atom stereocenters. The molecule has 1 rings (SSSR count). The van der Waals surface area contributed by atoms with Crippen molar-refractivity contribution in [2.45, 2.75) is 52.0 Å². The fourth-order valence-electron chi connectivity index (χ4n) is 1.98. The maximum absolute atomic E-state index is 13.1. The minimum atomic E-state index is -0.180. The van der Waals surface area contributed by atoms with Gasteiger partial charge < -0.3 is 5.32 Å². The Hall–Kier alpha value is -0.410. The molecular formula is C15H23BrFN. The molecule has 0 aliphatic carbocycles. The highest BCUT2D eigenvalue weighted by Crippen LogP contribution is 2.14. The van der Waals surface area contributed by atoms with E-state index in [1.165, 1.54) is 44.6 Å². The Morgan fingerprint density at radius 3 is 2.50 bits per heavy atom. The van der Waals surface area contributed by atoms with E-state index in [-0.39, 0.29) is 5.82 Å². The number of unbranched alkanes of at least 4 members (excludes halogenated alkanes) is 5. The van der Waals surface area contributed by atoms with Crippen molar-refractivity contribution in [2.75, 3.05) is 6.54 Å². The maximum atomic E-state index is 13.1. The minimum absolute atomic E-state index is 0.180. The Balaban J connectivity index is 2.07. The van der Waals surface area contributed by atoms with Crippen LogP contribution in [0.15, 0.2) is 22.7 Å². The number of rotatable bonds is 9. The van der Waals surface area contributed by atoms with Gasteiger partial charge in [-0.1, -0.05) is 55.0 Å². The first-order valence-corrected chi connectivity index (χ1v) is 7.67. The van der Waals surface area contributed by atoms with Crippen LogP contribution in [0.2, 0.25) is 0 Å². The highest BCUT2D eigenvalue weighted by atomic mass is 79.9. The molecule has 0 fully saturated rings. The highest BCUT2D eigenvalue weighted by Gasteiger charge is 1.98. The lowest BCUT2D eigenvalue weighted by molar-refractivity contribution is 0.570. The molecule has 1 aromatic carbocycles. The molecule has 1 N–H and O–H groups in total. The molecular weight excluding hydrogens is 293 g/mol. The molecule has 0 bridgehead atoms. The molecule has 1 nitrogen and oxygen atoms in total. The summed E-state index contributed by atoms with van der Waals surface area (Å²) < 4.78 is 13.9. The third-order valence-electron chi connectivity index (χ3n) is 2.96. The largest absolute Gasteiger partial charge is 0.313 e. The molecule has 0 spiro atoms. The van der Waals surface area contributed by atoms with E-state index in [1.54, 1.807) is 6.07 Å². The fourth-order valence-corrected chi connectivity index (χ4v) is 2.49. The van der Waals surface area contributed by atoms with Gasteiger partial charge in [-0.25, -0.2) is 4.39 Å². The van der Waals surface area contributed by atoms with Crippen LogP contribution in [0, 0.1) is 5.82 Å². The smallest absolute Gasteiger partial charge is 0.124 e. The first kappa shape index (κ1) is 15.6. The Bertz CT molecular complexity index is 321. The van der Waals surface area contributed by atoms with Gasteiger partial charge in [0.1, 0.15) is 5.82 Å². The normalized spacial score (nSPS) is 10.8. The molecule has 0 aliphatic rings. The number of hydrogen-bond acceptors (Lipinski definition) is 1. The second kappa shape index (κ2) is 9.51. The van der Waals surface area contributed by atoms with Crippen molar-refractivity contribution in [3.8, 4) is 0 Å². The Morgan fingerprint density at radius 2 is 1.78 bits per heavy atom. The van der Waals surface area contributed by atoms with Crippen LogP contribution >= 0.6 is 15.9 Å². The standard InChI is InChI=1S/C15H23BrFN/c1-2-3-4-5-6-7-8-18-12-13-9-14(16)11-15(17)10-13/h9-11,18H,2-8,12H2,1H3. The Morgan fingerprint density at radius 1 is 1.06 bits per heavy atom. The van der Waals surface area contributed by atoms with Gasteiger partial charge in [0.2, 0.25) is 0 Å². The third kappa shape index (κ3) is 7.12. The predicted molar refractivity (Wildman–Crippen MR) is 79.2 cm³/mol. The Labute approximate surface area is 118 Å². The monoisotopic (exact) mass is 315 g/mol. The van der Waals surface area contributed by atoms with Gasteiger partial charge in [0.25, 0.3) is 0 Å². The average molecular weight is 316 g/mol. The molecule has 0 saturated heterocycles. The van der Waals surface area contributed by atoms with Crippen LogP contribution in [0.1, 0.15) is 51.0 Å². The molecule has 1 aromatic rings. The average Bonchev–Trinajstić information content (AvgIpc) is 2.31. The molecule has 102 valence electrons. The zero-order valence-electron chi connectivity index (χ0n) is 11.1. The second-order valence-corrected chi connectivity index (χ2v) is 5.64. The van der Waals surface area contributed by atoms with E-state index < -0.39 is 0 Å². The molecule has 0 saturated carbocycles. The van der Waals surface area contributed by atoms with Crippen molar-refractivity contribution in [2.24, 2.45) is 0 Å². The van der Waals surface area contributed by atoms with E-state index in [0.29, 0.717) is 0 Å². The van der Waals surface area contributed by atoms with Gasteiger partial charge in [-0.3, -0.25) is 0 Å². The number of hydrogen-bond donors (Lipinski definition) is 1. The summed E-state index contributed by atoms with van der Waals surface area (Å²) in [6, 6.07) is 5.02. The topological polar surface area (TPSA) is 12.0 Å². The molecule has 0 aliphatic heterocycles. The van der Waals surface area contributed by atoms with Crippen molar-refractivity contribution < 1.29 is 4.39 Å². The van der Waals surface area contributed by atoms with Crippen molar-refractivity contribution in [3.63, 3.8) is 0 Å². The van der Waals surface area contributed by atoms with Gasteiger partial charge in [-0.05, 0) is 36.7 Å². The lowest BCUT2D eigenvalue weighted by atomic mass is 10.1. The Kier molecular flexibility index (Phi) is 8.27. The van der Waals surface area contributed by atoms with Crippen LogP contribution in [0.4, 0.5) is 4.39 Å². The highest BCUT2D eigenvalue weighted by molar-refractivity contribution is 9.10. The summed E-state index contributed by atoms with van der Waals surface area (Å²) in [6.45, 7) is 3.99. The number of benzene rings is 1. The van der Waals surface area contributed by atoms with Crippen molar-refractivity contribution in [1.82, 2.24) is 5.32 Å². The lowest BCUT2D eigenvalue weighted by Gasteiger charge is -2.06. The third-order valence-corrected chi connectivity index (χ3v) is 3.42. The first-order valence-electron chi connectivity index (χ1n) is 6.88. The summed E-state index contributed by atoms with van der Waals surface area (Å²) in [5, 5.41) is 3.36. The van der Waals surface area contributed by atoms with Gasteiger partial charge in [0.05, 0.1) is 0 Å². The fraction of sp³-hybridized carbons (Fsp3) is 0.600. The van der Waals surface area contributed by atoms with Gasteiger partial charge in [-0.15, -0.1) is 0 Å². The van der Waals surface area contributed by atoms with Crippen LogP contribution in [-0.4, -0.2) is 6.54 Å². The van der Waals surface area contributed by atoms with Crippen LogP contribution in [-0.2, 0) is 6.54 Å². The van der Waals surface area contributed by atoms with Crippen molar-refractivity contribution in [3.05, 3.63) is 34.1 Å². The van der Waals surface area contributed by atoms with E-state index in [9.17, 15) is 4.39 Å². The molecule has 0 atom stereocenters. The summed E-state index contributed by atoms with van der Waals surface area (Å²) in [5.41, 5.74) is 0.993. The van der Waals surface area contributed by atoms with Gasteiger partial charge in [0, 0.05) is 11.0 Å². The predicted octanol–water partition coefficient (Wildman–Crippen LogP) is 5.04. The van der Waals surface area contributed by atoms with Gasteiger partial charge >= 0.3 is 0 Å². The van der Waals surface area contributed by atoms with Crippen LogP contribution in [0.25, 0.3) is 0 Å². The first-order chi connectivity index (χ1) is 8.72. The van der Waals surface area contributed by atoms with Gasteiger partial charge in [-0.2, -0.15) is 0 Å². The zero-order chi connectivity index (χ0) is 13.2. The quantitative estimate of drug-likeness (QED) is 0.630. The SMILES string of the molecule is CCCCCCCCNCc1cc(F)cc(Br)c1. The summed E-state index contributed by atoms with van der Waals surface area (Å²) in [6.07, 6.45) is 7.84.